The third-order valence-electron chi connectivity index (χ3n) is 3.25. The Bertz CT molecular complexity index is 289. The summed E-state index contributed by atoms with van der Waals surface area (Å²) < 4.78 is 0. The summed E-state index contributed by atoms with van der Waals surface area (Å²) in [5.74, 6) is -0.0324. The molecule has 1 aliphatic carbocycles. The van der Waals surface area contributed by atoms with E-state index in [1.54, 1.807) is 4.90 Å². The fourth-order valence-corrected chi connectivity index (χ4v) is 2.21. The van der Waals surface area contributed by atoms with Crippen molar-refractivity contribution in [1.82, 2.24) is 10.2 Å². The normalized spacial score (nSPS) is 21.8. The van der Waals surface area contributed by atoms with Gasteiger partial charge in [0.15, 0.2) is 0 Å². The highest BCUT2D eigenvalue weighted by atomic mass is 35.5. The van der Waals surface area contributed by atoms with Gasteiger partial charge in [-0.05, 0) is 24.7 Å². The van der Waals surface area contributed by atoms with E-state index in [9.17, 15) is 9.59 Å². The first-order valence-corrected chi connectivity index (χ1v) is 5.83. The molecule has 2 fully saturated rings. The molecule has 1 heterocycles. The molecule has 0 aromatic heterocycles. The van der Waals surface area contributed by atoms with Gasteiger partial charge in [-0.25, -0.2) is 4.79 Å². The fraction of sp³-hybridized carbons (Fsp3) is 0.800. The second kappa shape index (κ2) is 4.00. The maximum Gasteiger partial charge on any atom is 0.324 e. The number of urea groups is 1. The van der Waals surface area contributed by atoms with Crippen LogP contribution < -0.4 is 5.32 Å². The number of rotatable bonds is 2. The number of halogens is 1. The predicted molar refractivity (Wildman–Crippen MR) is 56.7 cm³/mol. The van der Waals surface area contributed by atoms with Crippen molar-refractivity contribution < 1.29 is 9.59 Å². The SMILES string of the molecule is O=C(CCCl)NC(=O)N1CCC2(CC2)C1. The zero-order chi connectivity index (χ0) is 10.9. The molecule has 4 nitrogen and oxygen atoms in total. The van der Waals surface area contributed by atoms with Crippen molar-refractivity contribution in [2.75, 3.05) is 19.0 Å². The molecule has 1 aliphatic heterocycles. The van der Waals surface area contributed by atoms with E-state index >= 15 is 0 Å². The minimum atomic E-state index is -0.285. The number of nitrogens with zero attached hydrogens (tertiary/aromatic N) is 1. The van der Waals surface area contributed by atoms with E-state index in [-0.39, 0.29) is 24.2 Å². The molecule has 1 spiro atoms. The molecule has 15 heavy (non-hydrogen) atoms. The minimum Gasteiger partial charge on any atom is -0.324 e. The number of carbonyl (C=O) groups is 2. The number of likely N-dealkylation sites (tertiary alicyclic amines) is 1. The summed E-state index contributed by atoms with van der Waals surface area (Å²) in [6, 6.07) is -0.256. The Morgan fingerprint density at radius 1 is 1.33 bits per heavy atom. The summed E-state index contributed by atoms with van der Waals surface area (Å²) in [5.41, 5.74) is 0.410. The van der Waals surface area contributed by atoms with Crippen molar-refractivity contribution in [3.63, 3.8) is 0 Å². The molecule has 5 heteroatoms. The molecule has 1 saturated heterocycles. The van der Waals surface area contributed by atoms with Crippen LogP contribution in [0.5, 0.6) is 0 Å². The molecule has 0 aromatic carbocycles. The molecule has 3 amide bonds. The molecular formula is C10H15ClN2O2. The zero-order valence-electron chi connectivity index (χ0n) is 8.59. The number of amides is 3. The highest BCUT2D eigenvalue weighted by Crippen LogP contribution is 2.52. The Kier molecular flexibility index (Phi) is 2.87. The maximum atomic E-state index is 11.6. The van der Waals surface area contributed by atoms with Gasteiger partial charge in [-0.15, -0.1) is 11.6 Å². The van der Waals surface area contributed by atoms with Gasteiger partial charge in [-0.3, -0.25) is 10.1 Å². The number of nitrogens with one attached hydrogen (secondary N) is 1. The van der Waals surface area contributed by atoms with Crippen LogP contribution in [-0.4, -0.2) is 35.8 Å². The monoisotopic (exact) mass is 230 g/mol. The molecule has 1 saturated carbocycles. The molecule has 84 valence electrons. The van der Waals surface area contributed by atoms with E-state index < -0.39 is 0 Å². The molecule has 0 bridgehead atoms. The second-order valence-corrected chi connectivity index (χ2v) is 4.84. The highest BCUT2D eigenvalue weighted by molar-refractivity contribution is 6.19. The third kappa shape index (κ3) is 2.43. The number of hydrogen-bond acceptors (Lipinski definition) is 2. The van der Waals surface area contributed by atoms with Gasteiger partial charge in [0, 0.05) is 25.4 Å². The molecular weight excluding hydrogens is 216 g/mol. The lowest BCUT2D eigenvalue weighted by Crippen LogP contribution is -2.41. The summed E-state index contributed by atoms with van der Waals surface area (Å²) >= 11 is 5.41. The first kappa shape index (κ1) is 10.7. The summed E-state index contributed by atoms with van der Waals surface area (Å²) in [6.45, 7) is 1.59. The van der Waals surface area contributed by atoms with Crippen molar-refractivity contribution in [3.05, 3.63) is 0 Å². The predicted octanol–water partition coefficient (Wildman–Crippen LogP) is 1.34. The lowest BCUT2D eigenvalue weighted by Gasteiger charge is -2.16. The van der Waals surface area contributed by atoms with Gasteiger partial charge < -0.3 is 4.90 Å². The molecule has 2 rings (SSSR count). The summed E-state index contributed by atoms with van der Waals surface area (Å²) in [4.78, 5) is 24.5. The molecule has 0 aromatic rings. The standard InChI is InChI=1S/C10H15ClN2O2/c11-5-1-8(14)12-9(15)13-6-4-10(7-13)2-3-10/h1-7H2,(H,12,14,15). The van der Waals surface area contributed by atoms with E-state index in [4.69, 9.17) is 11.6 Å². The van der Waals surface area contributed by atoms with Crippen LogP contribution >= 0.6 is 11.6 Å². The minimum absolute atomic E-state index is 0.201. The molecule has 0 radical (unpaired) electrons. The quantitative estimate of drug-likeness (QED) is 0.728. The maximum absolute atomic E-state index is 11.6. The van der Waals surface area contributed by atoms with Crippen molar-refractivity contribution in [1.29, 1.82) is 0 Å². The Labute approximate surface area is 93.9 Å². The van der Waals surface area contributed by atoms with Crippen LogP contribution in [0.2, 0.25) is 0 Å². The Hall–Kier alpha value is -0.770. The fourth-order valence-electron chi connectivity index (χ4n) is 2.04. The van der Waals surface area contributed by atoms with Gasteiger partial charge in [0.25, 0.3) is 0 Å². The number of imide groups is 1. The second-order valence-electron chi connectivity index (χ2n) is 4.46. The largest absolute Gasteiger partial charge is 0.324 e. The number of carbonyl (C=O) groups excluding carboxylic acids is 2. The van der Waals surface area contributed by atoms with Crippen LogP contribution in [0.4, 0.5) is 4.79 Å². The topological polar surface area (TPSA) is 49.4 Å². The first-order valence-electron chi connectivity index (χ1n) is 5.30. The van der Waals surface area contributed by atoms with E-state index in [1.807, 2.05) is 0 Å². The van der Waals surface area contributed by atoms with Crippen LogP contribution in [0.1, 0.15) is 25.7 Å². The smallest absolute Gasteiger partial charge is 0.324 e. The van der Waals surface area contributed by atoms with E-state index in [0.717, 1.165) is 19.5 Å². The summed E-state index contributed by atoms with van der Waals surface area (Å²) in [5, 5.41) is 2.35. The Morgan fingerprint density at radius 2 is 2.07 bits per heavy atom. The van der Waals surface area contributed by atoms with Gasteiger partial charge in [-0.1, -0.05) is 0 Å². The summed E-state index contributed by atoms with van der Waals surface area (Å²) in [6.07, 6.45) is 3.75. The van der Waals surface area contributed by atoms with Gasteiger partial charge in [0.2, 0.25) is 5.91 Å². The number of alkyl halides is 1. The van der Waals surface area contributed by atoms with Crippen LogP contribution in [0.15, 0.2) is 0 Å². The molecule has 0 unspecified atom stereocenters. The summed E-state index contributed by atoms with van der Waals surface area (Å²) in [7, 11) is 0. The van der Waals surface area contributed by atoms with E-state index in [1.165, 1.54) is 12.8 Å². The van der Waals surface area contributed by atoms with Gasteiger partial charge in [-0.2, -0.15) is 0 Å². The van der Waals surface area contributed by atoms with Crippen LogP contribution in [-0.2, 0) is 4.79 Å². The highest BCUT2D eigenvalue weighted by Gasteiger charge is 2.48. The van der Waals surface area contributed by atoms with Crippen LogP contribution in [0.3, 0.4) is 0 Å². The van der Waals surface area contributed by atoms with E-state index in [0.29, 0.717) is 5.41 Å². The Morgan fingerprint density at radius 3 is 2.60 bits per heavy atom. The van der Waals surface area contributed by atoms with Crippen molar-refractivity contribution in [3.8, 4) is 0 Å². The molecule has 0 atom stereocenters. The van der Waals surface area contributed by atoms with Crippen LogP contribution in [0.25, 0.3) is 0 Å². The third-order valence-corrected chi connectivity index (χ3v) is 3.44. The lowest BCUT2D eigenvalue weighted by molar-refractivity contribution is -0.119. The van der Waals surface area contributed by atoms with Gasteiger partial charge >= 0.3 is 6.03 Å². The van der Waals surface area contributed by atoms with Gasteiger partial charge in [0.1, 0.15) is 0 Å². The van der Waals surface area contributed by atoms with Gasteiger partial charge in [0.05, 0.1) is 0 Å². The molecule has 1 N–H and O–H groups in total. The van der Waals surface area contributed by atoms with Crippen molar-refractivity contribution in [2.24, 2.45) is 5.41 Å². The average Bonchev–Trinajstić information content (AvgIpc) is 2.76. The average molecular weight is 231 g/mol. The lowest BCUT2D eigenvalue weighted by atomic mass is 10.1. The van der Waals surface area contributed by atoms with E-state index in [2.05, 4.69) is 5.32 Å². The van der Waals surface area contributed by atoms with Crippen molar-refractivity contribution >= 4 is 23.5 Å². The number of hydrogen-bond donors (Lipinski definition) is 1. The zero-order valence-corrected chi connectivity index (χ0v) is 9.35. The molecule has 2 aliphatic rings. The Balaban J connectivity index is 1.79. The first-order chi connectivity index (χ1) is 7.15. The van der Waals surface area contributed by atoms with Crippen molar-refractivity contribution in [2.45, 2.75) is 25.7 Å². The van der Waals surface area contributed by atoms with Crippen LogP contribution in [0, 0.1) is 5.41 Å².